The van der Waals surface area contributed by atoms with E-state index in [0.29, 0.717) is 32.9 Å². The number of anilines is 4. The summed E-state index contributed by atoms with van der Waals surface area (Å²) in [5.74, 6) is 0.275. The van der Waals surface area contributed by atoms with Crippen molar-refractivity contribution in [2.45, 2.75) is 33.4 Å². The highest BCUT2D eigenvalue weighted by molar-refractivity contribution is 7.93. The van der Waals surface area contributed by atoms with Crippen molar-refractivity contribution in [2.75, 3.05) is 20.1 Å². The van der Waals surface area contributed by atoms with Crippen LogP contribution in [0.2, 0.25) is 0 Å². The second-order valence-electron chi connectivity index (χ2n) is 15.0. The number of aryl methyl sites for hydroxylation is 2. The molecule has 4 N–H and O–H groups in total. The van der Waals surface area contributed by atoms with Gasteiger partial charge in [0.2, 0.25) is 0 Å². The van der Waals surface area contributed by atoms with Gasteiger partial charge in [-0.15, -0.1) is 0 Å². The molecule has 0 saturated heterocycles. The van der Waals surface area contributed by atoms with Crippen LogP contribution in [0.5, 0.6) is 11.5 Å². The van der Waals surface area contributed by atoms with Crippen molar-refractivity contribution in [3.05, 3.63) is 181 Å². The monoisotopic (exact) mass is 962 g/mol. The van der Waals surface area contributed by atoms with E-state index in [0.717, 1.165) is 11.1 Å². The van der Waals surface area contributed by atoms with Gasteiger partial charge in [-0.2, -0.15) is 16.8 Å². The third kappa shape index (κ3) is 10.6. The van der Waals surface area contributed by atoms with Crippen molar-refractivity contribution in [1.82, 2.24) is 0 Å². The van der Waals surface area contributed by atoms with E-state index in [9.17, 15) is 38.5 Å². The first kappa shape index (κ1) is 45.1. The SMILES string of the molecule is Cc1ccc(OS(=O)(=O)c2ccc(NS(=O)(=O)c3ccc4ccc(NC(=O)Nc5ccc6ccc(S(=O)(=O)Nc7ccc(S(=O)(=O)Oc8ccc(C)cc8)cc7)cc6c5)cc4c3)cc2)cc1. The smallest absolute Gasteiger partial charge is 0.339 e. The molecule has 0 fully saturated rings. The van der Waals surface area contributed by atoms with Crippen molar-refractivity contribution >= 4 is 90.6 Å². The molecule has 2 amide bonds. The maximum absolute atomic E-state index is 13.4. The van der Waals surface area contributed by atoms with E-state index >= 15 is 0 Å². The van der Waals surface area contributed by atoms with Crippen molar-refractivity contribution in [3.8, 4) is 11.5 Å². The first-order valence-electron chi connectivity index (χ1n) is 19.7. The molecule has 8 aromatic rings. The number of fused-ring (bicyclic) bond motifs is 2. The normalized spacial score (nSPS) is 12.0. The predicted octanol–water partition coefficient (Wildman–Crippen LogP) is 9.39. The zero-order valence-corrected chi connectivity index (χ0v) is 38.1. The summed E-state index contributed by atoms with van der Waals surface area (Å²) in [5.41, 5.74) is 2.78. The summed E-state index contributed by atoms with van der Waals surface area (Å²) in [6.45, 7) is 3.71. The molecule has 15 nitrogen and oxygen atoms in total. The zero-order valence-electron chi connectivity index (χ0n) is 34.8. The van der Waals surface area contributed by atoms with Crippen LogP contribution in [0, 0.1) is 13.8 Å². The van der Waals surface area contributed by atoms with E-state index in [1.54, 1.807) is 72.8 Å². The third-order valence-electron chi connectivity index (χ3n) is 10.0. The minimum atomic E-state index is -4.18. The van der Waals surface area contributed by atoms with E-state index in [1.165, 1.54) is 97.1 Å². The quantitative estimate of drug-likeness (QED) is 0.0752. The zero-order chi connectivity index (χ0) is 46.9. The minimum absolute atomic E-state index is 0.0863. The Morgan fingerprint density at radius 2 is 0.682 bits per heavy atom. The summed E-state index contributed by atoms with van der Waals surface area (Å²) in [4.78, 5) is 12.7. The van der Waals surface area contributed by atoms with Gasteiger partial charge in [-0.1, -0.05) is 59.7 Å². The number of carbonyl (C=O) groups excluding carboxylic acids is 1. The molecular formula is C47H38N4O11S4. The van der Waals surface area contributed by atoms with Gasteiger partial charge in [0.15, 0.2) is 0 Å². The molecule has 8 rings (SSSR count). The van der Waals surface area contributed by atoms with Gasteiger partial charge in [0, 0.05) is 22.7 Å². The van der Waals surface area contributed by atoms with Crippen molar-refractivity contribution in [3.63, 3.8) is 0 Å². The van der Waals surface area contributed by atoms with Gasteiger partial charge in [0.25, 0.3) is 20.0 Å². The number of nitrogens with one attached hydrogen (secondary N) is 4. The van der Waals surface area contributed by atoms with Gasteiger partial charge >= 0.3 is 26.3 Å². The van der Waals surface area contributed by atoms with Crippen molar-refractivity contribution < 1.29 is 46.8 Å². The summed E-state index contributed by atoms with van der Waals surface area (Å²) in [7, 11) is -16.6. The molecule has 0 saturated carbocycles. The molecule has 0 aliphatic rings. The van der Waals surface area contributed by atoms with Crippen LogP contribution in [0.4, 0.5) is 27.5 Å². The molecular weight excluding hydrogens is 925 g/mol. The first-order chi connectivity index (χ1) is 31.3. The van der Waals surface area contributed by atoms with E-state index in [1.807, 2.05) is 13.8 Å². The molecule has 0 aliphatic heterocycles. The molecule has 0 spiro atoms. The lowest BCUT2D eigenvalue weighted by Crippen LogP contribution is -2.19. The van der Waals surface area contributed by atoms with E-state index in [-0.39, 0.29) is 42.5 Å². The highest BCUT2D eigenvalue weighted by Crippen LogP contribution is 2.29. The topological polar surface area (TPSA) is 220 Å². The number of rotatable bonds is 14. The second kappa shape index (κ2) is 17.8. The summed E-state index contributed by atoms with van der Waals surface area (Å²) in [6, 6.07) is 41.3. The van der Waals surface area contributed by atoms with Crippen LogP contribution in [0.1, 0.15) is 11.1 Å². The first-order valence-corrected chi connectivity index (χ1v) is 25.5. The number of carbonyl (C=O) groups is 1. The highest BCUT2D eigenvalue weighted by atomic mass is 32.2. The molecule has 0 bridgehead atoms. The highest BCUT2D eigenvalue weighted by Gasteiger charge is 2.21. The molecule has 8 aromatic carbocycles. The van der Waals surface area contributed by atoms with Gasteiger partial charge in [-0.05, 0) is 157 Å². The van der Waals surface area contributed by atoms with Crippen LogP contribution in [-0.2, 0) is 40.3 Å². The third-order valence-corrected chi connectivity index (χ3v) is 15.3. The standard InChI is InChI=1S/C47H38N4O11S4/c1-31-3-17-41(18-4-31)61-65(57,58)43-23-13-37(14-24-43)50-63(53,54)45-21-9-33-7-11-39(27-35(33)29-45)48-47(52)49-40-12-8-34-10-22-46(30-36(34)28-40)64(55,56)51-38-15-25-44(26-16-38)66(59,60)62-42-19-5-32(2)6-20-42/h3-30,50-51H,1-2H3,(H2,48,49,52). The maximum Gasteiger partial charge on any atom is 0.339 e. The Labute approximate surface area is 381 Å². The van der Waals surface area contributed by atoms with Crippen molar-refractivity contribution in [2.24, 2.45) is 0 Å². The fourth-order valence-corrected chi connectivity index (χ4v) is 10.6. The summed E-state index contributed by atoms with van der Waals surface area (Å²) >= 11 is 0. The van der Waals surface area contributed by atoms with E-state index < -0.39 is 46.3 Å². The Bertz CT molecular complexity index is 3370. The Balaban J connectivity index is 0.904. The maximum atomic E-state index is 13.4. The molecule has 336 valence electrons. The molecule has 66 heavy (non-hydrogen) atoms. The Hall–Kier alpha value is -7.45. The molecule has 0 aromatic heterocycles. The molecule has 0 unspecified atom stereocenters. The van der Waals surface area contributed by atoms with Crippen molar-refractivity contribution in [1.29, 1.82) is 0 Å². The molecule has 0 atom stereocenters. The van der Waals surface area contributed by atoms with Crippen LogP contribution in [0.25, 0.3) is 21.5 Å². The average molecular weight is 963 g/mol. The fourth-order valence-electron chi connectivity index (χ4n) is 6.58. The number of hydrogen-bond acceptors (Lipinski definition) is 11. The second-order valence-corrected chi connectivity index (χ2v) is 21.4. The number of benzene rings is 8. The predicted molar refractivity (Wildman–Crippen MR) is 253 cm³/mol. The van der Waals surface area contributed by atoms with Gasteiger partial charge in [-0.25, -0.2) is 21.6 Å². The number of urea groups is 1. The number of amides is 2. The lowest BCUT2D eigenvalue weighted by atomic mass is 10.1. The lowest BCUT2D eigenvalue weighted by molar-refractivity contribution is 0.262. The van der Waals surface area contributed by atoms with Gasteiger partial charge in [0.05, 0.1) is 9.79 Å². The van der Waals surface area contributed by atoms with Crippen LogP contribution in [0.3, 0.4) is 0 Å². The molecule has 0 heterocycles. The summed E-state index contributed by atoms with van der Waals surface area (Å²) < 4.78 is 120. The van der Waals surface area contributed by atoms with Crippen LogP contribution in [-0.4, -0.2) is 39.7 Å². The Morgan fingerprint density at radius 3 is 1.05 bits per heavy atom. The van der Waals surface area contributed by atoms with Crippen LogP contribution >= 0.6 is 0 Å². The largest absolute Gasteiger partial charge is 0.379 e. The summed E-state index contributed by atoms with van der Waals surface area (Å²) in [6.07, 6.45) is 0. The summed E-state index contributed by atoms with van der Waals surface area (Å²) in [5, 5.41) is 7.81. The Kier molecular flexibility index (Phi) is 12.2. The molecule has 0 aliphatic carbocycles. The van der Waals surface area contributed by atoms with Gasteiger partial charge in [-0.3, -0.25) is 9.44 Å². The van der Waals surface area contributed by atoms with Crippen LogP contribution < -0.4 is 28.4 Å². The number of hydrogen-bond donors (Lipinski definition) is 4. The Morgan fingerprint density at radius 1 is 0.364 bits per heavy atom. The lowest BCUT2D eigenvalue weighted by Gasteiger charge is -2.12. The van der Waals surface area contributed by atoms with E-state index in [2.05, 4.69) is 20.1 Å². The van der Waals surface area contributed by atoms with Crippen LogP contribution in [0.15, 0.2) is 189 Å². The minimum Gasteiger partial charge on any atom is -0.379 e. The van der Waals surface area contributed by atoms with E-state index in [4.69, 9.17) is 8.37 Å². The number of sulfonamides is 2. The molecule has 0 radical (unpaired) electrons. The molecule has 19 heteroatoms. The van der Waals surface area contributed by atoms with Gasteiger partial charge in [0.1, 0.15) is 21.3 Å². The fraction of sp³-hybridized carbons (Fsp3) is 0.0426. The average Bonchev–Trinajstić information content (AvgIpc) is 3.27. The van der Waals surface area contributed by atoms with Gasteiger partial charge < -0.3 is 19.0 Å².